The van der Waals surface area contributed by atoms with Crippen molar-refractivity contribution in [1.82, 2.24) is 25.1 Å². The normalized spacial score (nSPS) is 21.8. The summed E-state index contributed by atoms with van der Waals surface area (Å²) in [5, 5.41) is 6.88. The first-order chi connectivity index (χ1) is 10.8. The highest BCUT2D eigenvalue weighted by Crippen LogP contribution is 2.37. The van der Waals surface area contributed by atoms with Gasteiger partial charge in [-0.05, 0) is 18.9 Å². The highest BCUT2D eigenvalue weighted by molar-refractivity contribution is 5.94. The van der Waals surface area contributed by atoms with Gasteiger partial charge in [0.05, 0.1) is 30.5 Å². The smallest absolute Gasteiger partial charge is 0.257 e. The van der Waals surface area contributed by atoms with Gasteiger partial charge in [-0.1, -0.05) is 0 Å². The Labute approximate surface area is 127 Å². The first-order valence-electron chi connectivity index (χ1n) is 7.53. The van der Waals surface area contributed by atoms with Crippen LogP contribution in [0.15, 0.2) is 24.7 Å². The zero-order chi connectivity index (χ0) is 14.9. The van der Waals surface area contributed by atoms with E-state index in [-0.39, 0.29) is 11.9 Å². The van der Waals surface area contributed by atoms with Crippen LogP contribution in [0.3, 0.4) is 0 Å². The lowest BCUT2D eigenvalue weighted by Crippen LogP contribution is -2.43. The summed E-state index contributed by atoms with van der Waals surface area (Å²) in [4.78, 5) is 23.2. The second kappa shape index (κ2) is 5.49. The van der Waals surface area contributed by atoms with Gasteiger partial charge in [-0.25, -0.2) is 9.97 Å². The van der Waals surface area contributed by atoms with Gasteiger partial charge in [0, 0.05) is 31.1 Å². The first-order valence-corrected chi connectivity index (χ1v) is 7.53. The number of rotatable bonds is 3. The van der Waals surface area contributed by atoms with Crippen LogP contribution in [0.25, 0.3) is 0 Å². The third-order valence-corrected chi connectivity index (χ3v) is 4.13. The maximum atomic E-state index is 12.8. The summed E-state index contributed by atoms with van der Waals surface area (Å²) in [5.41, 5.74) is 1.40. The molecule has 1 saturated heterocycles. The summed E-state index contributed by atoms with van der Waals surface area (Å²) >= 11 is 0. The molecular weight excluding hydrogens is 282 g/mol. The van der Waals surface area contributed by atoms with Crippen LogP contribution in [-0.2, 0) is 4.74 Å². The van der Waals surface area contributed by atoms with E-state index in [4.69, 9.17) is 4.74 Å². The standard InChI is InChI=1S/C15H17N5O2/c21-15(11-7-16-14(17-8-11)10-1-2-10)20-5-6-22-9-13(20)12-3-4-18-19-12/h3-4,7-8,10,13H,1-2,5-6,9H2,(H,18,19)/t13-/m1/s1. The lowest BCUT2D eigenvalue weighted by Gasteiger charge is -2.34. The quantitative estimate of drug-likeness (QED) is 0.923. The Morgan fingerprint density at radius 1 is 1.32 bits per heavy atom. The van der Waals surface area contributed by atoms with Crippen LogP contribution < -0.4 is 0 Å². The lowest BCUT2D eigenvalue weighted by atomic mass is 10.1. The molecule has 0 spiro atoms. The van der Waals surface area contributed by atoms with Crippen LogP contribution in [0.1, 0.15) is 46.7 Å². The van der Waals surface area contributed by atoms with Gasteiger partial charge in [-0.3, -0.25) is 9.89 Å². The van der Waals surface area contributed by atoms with E-state index in [1.807, 2.05) is 6.07 Å². The third-order valence-electron chi connectivity index (χ3n) is 4.13. The van der Waals surface area contributed by atoms with Gasteiger partial charge < -0.3 is 9.64 Å². The monoisotopic (exact) mass is 299 g/mol. The molecule has 114 valence electrons. The van der Waals surface area contributed by atoms with E-state index >= 15 is 0 Å². The first kappa shape index (κ1) is 13.4. The molecule has 1 aliphatic carbocycles. The molecule has 2 aromatic rings. The fourth-order valence-electron chi connectivity index (χ4n) is 2.72. The molecule has 1 atom stereocenters. The molecule has 22 heavy (non-hydrogen) atoms. The highest BCUT2D eigenvalue weighted by Gasteiger charge is 2.31. The fourth-order valence-corrected chi connectivity index (χ4v) is 2.72. The Morgan fingerprint density at radius 3 is 2.82 bits per heavy atom. The van der Waals surface area contributed by atoms with Crippen molar-refractivity contribution in [3.05, 3.63) is 41.7 Å². The molecule has 1 amide bonds. The van der Waals surface area contributed by atoms with E-state index in [1.165, 1.54) is 0 Å². The van der Waals surface area contributed by atoms with Crippen molar-refractivity contribution in [1.29, 1.82) is 0 Å². The highest BCUT2D eigenvalue weighted by atomic mass is 16.5. The number of hydrogen-bond acceptors (Lipinski definition) is 5. The second-order valence-electron chi connectivity index (χ2n) is 5.71. The molecule has 0 aromatic carbocycles. The summed E-state index contributed by atoms with van der Waals surface area (Å²) in [6, 6.07) is 1.72. The molecule has 4 rings (SSSR count). The minimum Gasteiger partial charge on any atom is -0.377 e. The van der Waals surface area contributed by atoms with E-state index in [1.54, 1.807) is 23.5 Å². The van der Waals surface area contributed by atoms with Gasteiger partial charge in [0.1, 0.15) is 5.82 Å². The molecule has 1 N–H and O–H groups in total. The molecule has 1 saturated carbocycles. The summed E-state index contributed by atoms with van der Waals surface area (Å²) in [6.07, 6.45) is 7.27. The van der Waals surface area contributed by atoms with Crippen LogP contribution in [-0.4, -0.2) is 50.7 Å². The molecule has 2 aliphatic rings. The van der Waals surface area contributed by atoms with Gasteiger partial charge in [-0.15, -0.1) is 0 Å². The zero-order valence-corrected chi connectivity index (χ0v) is 12.1. The molecule has 0 unspecified atom stereocenters. The maximum absolute atomic E-state index is 12.8. The number of morpholine rings is 1. The van der Waals surface area contributed by atoms with Gasteiger partial charge >= 0.3 is 0 Å². The minimum absolute atomic E-state index is 0.0646. The van der Waals surface area contributed by atoms with Gasteiger partial charge in [0.15, 0.2) is 0 Å². The second-order valence-corrected chi connectivity index (χ2v) is 5.71. The van der Waals surface area contributed by atoms with Crippen LogP contribution >= 0.6 is 0 Å². The van der Waals surface area contributed by atoms with Crippen molar-refractivity contribution in [2.75, 3.05) is 19.8 Å². The molecule has 3 heterocycles. The Balaban J connectivity index is 1.56. The van der Waals surface area contributed by atoms with Crippen LogP contribution in [0.4, 0.5) is 0 Å². The molecule has 1 aliphatic heterocycles. The van der Waals surface area contributed by atoms with Crippen molar-refractivity contribution < 1.29 is 9.53 Å². The zero-order valence-electron chi connectivity index (χ0n) is 12.1. The van der Waals surface area contributed by atoms with Crippen molar-refractivity contribution in [2.45, 2.75) is 24.8 Å². The topological polar surface area (TPSA) is 84.0 Å². The molecule has 0 bridgehead atoms. The minimum atomic E-state index is -0.146. The summed E-state index contributed by atoms with van der Waals surface area (Å²) < 4.78 is 5.51. The molecule has 2 aromatic heterocycles. The van der Waals surface area contributed by atoms with E-state index < -0.39 is 0 Å². The number of carbonyl (C=O) groups excluding carboxylic acids is 1. The number of amides is 1. The SMILES string of the molecule is O=C(c1cnc(C2CC2)nc1)N1CCOC[C@@H]1c1ccn[nH]1. The number of hydrogen-bond donors (Lipinski definition) is 1. The van der Waals surface area contributed by atoms with Crippen molar-refractivity contribution in [2.24, 2.45) is 0 Å². The Hall–Kier alpha value is -2.28. The Morgan fingerprint density at radius 2 is 2.14 bits per heavy atom. The van der Waals surface area contributed by atoms with Gasteiger partial charge in [0.25, 0.3) is 5.91 Å². The molecule has 2 fully saturated rings. The van der Waals surface area contributed by atoms with Gasteiger partial charge in [0.2, 0.25) is 0 Å². The van der Waals surface area contributed by atoms with Crippen molar-refractivity contribution >= 4 is 5.91 Å². The number of aromatic amines is 1. The summed E-state index contributed by atoms with van der Waals surface area (Å²) in [6.45, 7) is 1.55. The summed E-state index contributed by atoms with van der Waals surface area (Å²) in [5.74, 6) is 1.28. The number of nitrogens with zero attached hydrogens (tertiary/aromatic N) is 4. The molecule has 7 heteroatoms. The number of carbonyl (C=O) groups is 1. The molecule has 0 radical (unpaired) electrons. The number of H-pyrrole nitrogens is 1. The lowest BCUT2D eigenvalue weighted by molar-refractivity contribution is -0.00396. The Kier molecular flexibility index (Phi) is 3.34. The average molecular weight is 299 g/mol. The van der Waals surface area contributed by atoms with E-state index in [9.17, 15) is 4.79 Å². The number of nitrogens with one attached hydrogen (secondary N) is 1. The van der Waals surface area contributed by atoms with E-state index in [0.717, 1.165) is 24.4 Å². The Bertz CT molecular complexity index is 651. The summed E-state index contributed by atoms with van der Waals surface area (Å²) in [7, 11) is 0. The fraction of sp³-hybridized carbons (Fsp3) is 0.467. The van der Waals surface area contributed by atoms with Crippen molar-refractivity contribution in [3.63, 3.8) is 0 Å². The number of ether oxygens (including phenoxy) is 1. The predicted molar refractivity (Wildman–Crippen MR) is 77.2 cm³/mol. The van der Waals surface area contributed by atoms with Crippen molar-refractivity contribution in [3.8, 4) is 0 Å². The predicted octanol–water partition coefficient (Wildman–Crippen LogP) is 1.29. The maximum Gasteiger partial charge on any atom is 0.257 e. The van der Waals surface area contributed by atoms with E-state index in [2.05, 4.69) is 20.2 Å². The largest absolute Gasteiger partial charge is 0.377 e. The van der Waals surface area contributed by atoms with Gasteiger partial charge in [-0.2, -0.15) is 5.10 Å². The third kappa shape index (κ3) is 2.48. The number of aromatic nitrogens is 4. The molecule has 7 nitrogen and oxygen atoms in total. The molecular formula is C15H17N5O2. The van der Waals surface area contributed by atoms with Crippen LogP contribution in [0.2, 0.25) is 0 Å². The van der Waals surface area contributed by atoms with Crippen LogP contribution in [0, 0.1) is 0 Å². The van der Waals surface area contributed by atoms with Crippen LogP contribution in [0.5, 0.6) is 0 Å². The average Bonchev–Trinajstić information content (AvgIpc) is 3.29. The van der Waals surface area contributed by atoms with E-state index in [0.29, 0.717) is 31.2 Å².